The van der Waals surface area contributed by atoms with Crippen molar-refractivity contribution >= 4 is 17.5 Å². The highest BCUT2D eigenvalue weighted by Gasteiger charge is 2.09. The lowest BCUT2D eigenvalue weighted by atomic mass is 10.3. The Balaban J connectivity index is 3.04. The number of aromatic nitrogens is 1. The third kappa shape index (κ3) is 2.32. The number of carbonyl (C=O) groups is 1. The second-order valence-electron chi connectivity index (χ2n) is 2.28. The van der Waals surface area contributed by atoms with Gasteiger partial charge in [0.25, 0.3) is 5.91 Å². The maximum absolute atomic E-state index is 10.8. The number of pyridine rings is 1. The lowest BCUT2D eigenvalue weighted by molar-refractivity contribution is 0.0994. The van der Waals surface area contributed by atoms with Gasteiger partial charge in [0.2, 0.25) is 5.88 Å². The van der Waals surface area contributed by atoms with Crippen LogP contribution >= 0.6 is 11.6 Å². The Hall–Kier alpha value is -1.29. The van der Waals surface area contributed by atoms with Gasteiger partial charge in [0.1, 0.15) is 0 Å². The Morgan fingerprint density at radius 2 is 2.38 bits per heavy atom. The van der Waals surface area contributed by atoms with E-state index >= 15 is 0 Å². The van der Waals surface area contributed by atoms with Gasteiger partial charge in [-0.3, -0.25) is 4.79 Å². The molecule has 0 atom stereocenters. The van der Waals surface area contributed by atoms with E-state index in [9.17, 15) is 4.79 Å². The van der Waals surface area contributed by atoms with Gasteiger partial charge in [0.05, 0.1) is 11.6 Å². The Bertz CT molecular complexity index is 328. The fourth-order valence-electron chi connectivity index (χ4n) is 0.825. The monoisotopic (exact) mass is 200 g/mol. The summed E-state index contributed by atoms with van der Waals surface area (Å²) in [5, 5.41) is 0.232. The van der Waals surface area contributed by atoms with Gasteiger partial charge in [-0.25, -0.2) is 4.98 Å². The van der Waals surface area contributed by atoms with Crippen LogP contribution in [0.5, 0.6) is 5.88 Å². The fraction of sp³-hybridized carbons (Fsp3) is 0.250. The van der Waals surface area contributed by atoms with Crippen LogP contribution in [0.1, 0.15) is 17.4 Å². The van der Waals surface area contributed by atoms with Crippen molar-refractivity contribution in [1.82, 2.24) is 4.98 Å². The van der Waals surface area contributed by atoms with Crippen LogP contribution in [0, 0.1) is 0 Å². The van der Waals surface area contributed by atoms with Crippen LogP contribution in [-0.4, -0.2) is 17.5 Å². The summed E-state index contributed by atoms with van der Waals surface area (Å²) in [6.07, 6.45) is 0. The van der Waals surface area contributed by atoms with Crippen molar-refractivity contribution in [1.29, 1.82) is 0 Å². The summed E-state index contributed by atoms with van der Waals surface area (Å²) < 4.78 is 5.07. The number of ether oxygens (including phenoxy) is 1. The van der Waals surface area contributed by atoms with Crippen LogP contribution < -0.4 is 10.5 Å². The summed E-state index contributed by atoms with van der Waals surface area (Å²) in [4.78, 5) is 14.6. The molecule has 1 aromatic heterocycles. The largest absolute Gasteiger partial charge is 0.478 e. The molecular weight excluding hydrogens is 192 g/mol. The van der Waals surface area contributed by atoms with E-state index in [-0.39, 0.29) is 10.7 Å². The zero-order chi connectivity index (χ0) is 9.84. The first-order chi connectivity index (χ1) is 6.15. The van der Waals surface area contributed by atoms with Gasteiger partial charge in [0, 0.05) is 6.07 Å². The number of nitrogens with zero attached hydrogens (tertiary/aromatic N) is 1. The molecule has 0 aromatic carbocycles. The molecule has 70 valence electrons. The Morgan fingerprint density at radius 3 is 2.92 bits per heavy atom. The summed E-state index contributed by atoms with van der Waals surface area (Å²) in [5.74, 6) is -0.313. The molecule has 4 nitrogen and oxygen atoms in total. The van der Waals surface area contributed by atoms with E-state index in [0.717, 1.165) is 0 Å². The first-order valence-electron chi connectivity index (χ1n) is 3.74. The van der Waals surface area contributed by atoms with Crippen molar-refractivity contribution in [2.24, 2.45) is 5.73 Å². The SMILES string of the molecule is CCOc1ccc(Cl)c(C(N)=O)n1. The summed E-state index contributed by atoms with van der Waals surface area (Å²) >= 11 is 5.67. The van der Waals surface area contributed by atoms with Crippen LogP contribution in [0.15, 0.2) is 12.1 Å². The zero-order valence-electron chi connectivity index (χ0n) is 7.08. The van der Waals surface area contributed by atoms with Crippen molar-refractivity contribution in [2.45, 2.75) is 6.92 Å². The van der Waals surface area contributed by atoms with Crippen molar-refractivity contribution in [2.75, 3.05) is 6.61 Å². The second kappa shape index (κ2) is 4.09. The van der Waals surface area contributed by atoms with Gasteiger partial charge in [-0.2, -0.15) is 0 Å². The molecule has 0 aliphatic heterocycles. The molecule has 1 heterocycles. The predicted molar refractivity (Wildman–Crippen MR) is 48.9 cm³/mol. The summed E-state index contributed by atoms with van der Waals surface area (Å²) in [6.45, 7) is 2.30. The summed E-state index contributed by atoms with van der Waals surface area (Å²) in [7, 11) is 0. The van der Waals surface area contributed by atoms with Gasteiger partial charge >= 0.3 is 0 Å². The third-order valence-corrected chi connectivity index (χ3v) is 1.65. The van der Waals surface area contributed by atoms with E-state index in [0.29, 0.717) is 12.5 Å². The molecule has 0 saturated carbocycles. The molecule has 1 amide bonds. The first kappa shape index (κ1) is 9.80. The van der Waals surface area contributed by atoms with Crippen LogP contribution in [0.25, 0.3) is 0 Å². The standard InChI is InChI=1S/C8H9ClN2O2/c1-2-13-6-4-3-5(9)7(11-6)8(10)12/h3-4H,2H2,1H3,(H2,10,12). The quantitative estimate of drug-likeness (QED) is 0.798. The smallest absolute Gasteiger partial charge is 0.269 e. The van der Waals surface area contributed by atoms with Gasteiger partial charge in [-0.15, -0.1) is 0 Å². The molecular formula is C8H9ClN2O2. The number of amides is 1. The second-order valence-corrected chi connectivity index (χ2v) is 2.68. The molecule has 5 heteroatoms. The minimum atomic E-state index is -0.661. The Labute approximate surface area is 80.7 Å². The molecule has 0 saturated heterocycles. The van der Waals surface area contributed by atoms with E-state index in [4.69, 9.17) is 22.1 Å². The minimum absolute atomic E-state index is 0.0348. The van der Waals surface area contributed by atoms with Crippen LogP contribution in [-0.2, 0) is 0 Å². The summed E-state index contributed by atoms with van der Waals surface area (Å²) in [6, 6.07) is 3.11. The predicted octanol–water partition coefficient (Wildman–Crippen LogP) is 1.23. The highest BCUT2D eigenvalue weighted by molar-refractivity contribution is 6.33. The Morgan fingerprint density at radius 1 is 1.69 bits per heavy atom. The van der Waals surface area contributed by atoms with Crippen molar-refractivity contribution in [3.63, 3.8) is 0 Å². The zero-order valence-corrected chi connectivity index (χ0v) is 7.84. The van der Waals surface area contributed by atoms with Crippen molar-refractivity contribution < 1.29 is 9.53 Å². The van der Waals surface area contributed by atoms with E-state index in [1.165, 1.54) is 6.07 Å². The number of primary amides is 1. The summed E-state index contributed by atoms with van der Waals surface area (Å²) in [5.41, 5.74) is 5.07. The minimum Gasteiger partial charge on any atom is -0.478 e. The number of hydrogen-bond acceptors (Lipinski definition) is 3. The third-order valence-electron chi connectivity index (χ3n) is 1.35. The van der Waals surface area contributed by atoms with Gasteiger partial charge in [-0.1, -0.05) is 11.6 Å². The van der Waals surface area contributed by atoms with E-state index in [1.54, 1.807) is 6.07 Å². The number of nitrogens with two attached hydrogens (primary N) is 1. The first-order valence-corrected chi connectivity index (χ1v) is 4.12. The average Bonchev–Trinajstić information content (AvgIpc) is 2.08. The molecule has 0 aliphatic rings. The number of rotatable bonds is 3. The maximum Gasteiger partial charge on any atom is 0.269 e. The molecule has 0 radical (unpaired) electrons. The molecule has 1 rings (SSSR count). The topological polar surface area (TPSA) is 65.2 Å². The molecule has 2 N–H and O–H groups in total. The molecule has 1 aromatic rings. The van der Waals surface area contributed by atoms with Gasteiger partial charge < -0.3 is 10.5 Å². The highest BCUT2D eigenvalue weighted by atomic mass is 35.5. The van der Waals surface area contributed by atoms with Crippen molar-refractivity contribution in [3.05, 3.63) is 22.8 Å². The molecule has 0 aliphatic carbocycles. The number of halogens is 1. The molecule has 0 fully saturated rings. The van der Waals surface area contributed by atoms with E-state index in [2.05, 4.69) is 4.98 Å². The average molecular weight is 201 g/mol. The van der Waals surface area contributed by atoms with Crippen LogP contribution in [0.2, 0.25) is 5.02 Å². The van der Waals surface area contributed by atoms with Crippen LogP contribution in [0.4, 0.5) is 0 Å². The molecule has 0 bridgehead atoms. The maximum atomic E-state index is 10.8. The molecule has 0 spiro atoms. The Kier molecular flexibility index (Phi) is 3.08. The number of hydrogen-bond donors (Lipinski definition) is 1. The van der Waals surface area contributed by atoms with Gasteiger partial charge in [-0.05, 0) is 13.0 Å². The van der Waals surface area contributed by atoms with Crippen LogP contribution in [0.3, 0.4) is 0 Å². The van der Waals surface area contributed by atoms with Crippen molar-refractivity contribution in [3.8, 4) is 5.88 Å². The van der Waals surface area contributed by atoms with Gasteiger partial charge in [0.15, 0.2) is 5.69 Å². The molecule has 0 unspecified atom stereocenters. The lowest BCUT2D eigenvalue weighted by Crippen LogP contribution is -2.14. The fourth-order valence-corrected chi connectivity index (χ4v) is 1.02. The lowest BCUT2D eigenvalue weighted by Gasteiger charge is -2.03. The highest BCUT2D eigenvalue weighted by Crippen LogP contribution is 2.17. The number of carbonyl (C=O) groups excluding carboxylic acids is 1. The van der Waals surface area contributed by atoms with E-state index in [1.807, 2.05) is 6.92 Å². The van der Waals surface area contributed by atoms with E-state index < -0.39 is 5.91 Å². The molecule has 13 heavy (non-hydrogen) atoms. The normalized spacial score (nSPS) is 9.69.